The smallest absolute Gasteiger partial charge is 0.249 e. The maximum Gasteiger partial charge on any atom is 0.249 e. The summed E-state index contributed by atoms with van der Waals surface area (Å²) in [7, 11) is 0. The van der Waals surface area contributed by atoms with Gasteiger partial charge in [-0.1, -0.05) is 191 Å². The quantitative estimate of drug-likeness (QED) is 0.0312. The summed E-state index contributed by atoms with van der Waals surface area (Å²) < 4.78 is 0. The fourth-order valence-corrected chi connectivity index (χ4v) is 7.14. The van der Waals surface area contributed by atoms with Crippen LogP contribution in [-0.2, 0) is 4.79 Å². The molecule has 0 radical (unpaired) electrons. The van der Waals surface area contributed by atoms with Gasteiger partial charge in [0, 0.05) is 0 Å². The van der Waals surface area contributed by atoms with E-state index in [1.54, 1.807) is 0 Å². The van der Waals surface area contributed by atoms with Crippen LogP contribution in [0.5, 0.6) is 0 Å². The number of hydrogen-bond donors (Lipinski definition) is 5. The van der Waals surface area contributed by atoms with Gasteiger partial charge in [0.25, 0.3) is 0 Å². The van der Waals surface area contributed by atoms with E-state index < -0.39 is 36.9 Å². The second kappa shape index (κ2) is 44.4. The molecule has 328 valence electrons. The first-order valence-corrected chi connectivity index (χ1v) is 24.0. The second-order valence-electron chi connectivity index (χ2n) is 16.4. The van der Waals surface area contributed by atoms with Crippen LogP contribution in [0.3, 0.4) is 0 Å². The molecule has 0 aromatic carbocycles. The van der Waals surface area contributed by atoms with Crippen LogP contribution in [0.15, 0.2) is 48.6 Å². The molecular formula is C50H93NO5. The first-order chi connectivity index (χ1) is 27.5. The molecule has 6 nitrogen and oxygen atoms in total. The van der Waals surface area contributed by atoms with E-state index in [4.69, 9.17) is 0 Å². The van der Waals surface area contributed by atoms with E-state index in [9.17, 15) is 25.2 Å². The highest BCUT2D eigenvalue weighted by molar-refractivity contribution is 5.80. The minimum atomic E-state index is -1.30. The highest BCUT2D eigenvalue weighted by atomic mass is 16.3. The van der Waals surface area contributed by atoms with Crippen LogP contribution in [0.25, 0.3) is 0 Å². The number of carbonyl (C=O) groups is 1. The minimum Gasteiger partial charge on any atom is -0.394 e. The molecule has 4 atom stereocenters. The molecule has 0 saturated carbocycles. The number of aliphatic hydroxyl groups is 4. The van der Waals surface area contributed by atoms with Gasteiger partial charge in [0.2, 0.25) is 5.91 Å². The van der Waals surface area contributed by atoms with Crippen molar-refractivity contribution in [2.45, 2.75) is 257 Å². The Morgan fingerprint density at radius 1 is 0.429 bits per heavy atom. The van der Waals surface area contributed by atoms with Gasteiger partial charge < -0.3 is 25.7 Å². The van der Waals surface area contributed by atoms with E-state index in [2.05, 4.69) is 67.8 Å². The number of hydrogen-bond acceptors (Lipinski definition) is 5. The molecule has 0 aromatic rings. The number of carbonyl (C=O) groups excluding carboxylic acids is 1. The summed E-state index contributed by atoms with van der Waals surface area (Å²) in [6, 6.07) is -1.02. The Morgan fingerprint density at radius 3 is 1.12 bits per heavy atom. The molecule has 0 aromatic heterocycles. The van der Waals surface area contributed by atoms with E-state index in [0.717, 1.165) is 64.2 Å². The predicted octanol–water partition coefficient (Wildman–Crippen LogP) is 13.1. The lowest BCUT2D eigenvalue weighted by Gasteiger charge is -2.27. The van der Waals surface area contributed by atoms with Crippen molar-refractivity contribution in [1.29, 1.82) is 0 Å². The van der Waals surface area contributed by atoms with E-state index in [0.29, 0.717) is 19.3 Å². The first kappa shape index (κ1) is 54.3. The van der Waals surface area contributed by atoms with Gasteiger partial charge in [0.15, 0.2) is 0 Å². The van der Waals surface area contributed by atoms with Crippen LogP contribution in [0.4, 0.5) is 0 Å². The van der Waals surface area contributed by atoms with Crippen molar-refractivity contribution in [2.24, 2.45) is 0 Å². The van der Waals surface area contributed by atoms with Crippen LogP contribution in [0, 0.1) is 0 Å². The van der Waals surface area contributed by atoms with Crippen molar-refractivity contribution in [3.63, 3.8) is 0 Å². The van der Waals surface area contributed by atoms with E-state index >= 15 is 0 Å². The number of nitrogens with one attached hydrogen (secondary N) is 1. The van der Waals surface area contributed by atoms with Crippen LogP contribution < -0.4 is 5.32 Å². The predicted molar refractivity (Wildman–Crippen MR) is 242 cm³/mol. The Hall–Kier alpha value is -1.73. The van der Waals surface area contributed by atoms with Gasteiger partial charge in [-0.25, -0.2) is 0 Å². The van der Waals surface area contributed by atoms with E-state index in [1.165, 1.54) is 135 Å². The molecule has 0 heterocycles. The molecule has 0 saturated heterocycles. The summed E-state index contributed by atoms with van der Waals surface area (Å²) in [5.41, 5.74) is 0. The Kier molecular flexibility index (Phi) is 43.0. The highest BCUT2D eigenvalue weighted by Crippen LogP contribution is 2.15. The van der Waals surface area contributed by atoms with Gasteiger partial charge in [0.05, 0.1) is 18.8 Å². The van der Waals surface area contributed by atoms with Crippen LogP contribution >= 0.6 is 0 Å². The van der Waals surface area contributed by atoms with Crippen LogP contribution in [0.1, 0.15) is 232 Å². The zero-order valence-corrected chi connectivity index (χ0v) is 36.9. The van der Waals surface area contributed by atoms with Gasteiger partial charge in [-0.3, -0.25) is 4.79 Å². The molecule has 0 fully saturated rings. The number of aliphatic hydroxyl groups excluding tert-OH is 4. The summed E-state index contributed by atoms with van der Waals surface area (Å²) in [6.45, 7) is 4.03. The summed E-state index contributed by atoms with van der Waals surface area (Å²) in [5, 5.41) is 43.7. The summed E-state index contributed by atoms with van der Waals surface area (Å²) >= 11 is 0. The molecule has 6 heteroatoms. The van der Waals surface area contributed by atoms with Gasteiger partial charge in [-0.2, -0.15) is 0 Å². The summed E-state index contributed by atoms with van der Waals surface area (Å²) in [5.74, 6) is -0.609. The molecule has 0 spiro atoms. The number of allylic oxidation sites excluding steroid dienone is 8. The standard InChI is InChI=1S/C50H93NO5/c1-3-5-7-9-11-13-15-17-19-20-21-22-23-24-25-26-27-28-30-31-33-35-37-39-41-43-47(53)49(55)46(45-52)51-50(56)48(54)44-42-40-38-36-34-32-29-18-16-14-12-10-8-6-4-2/h24-25,28-30,32,35,37,46-49,52-55H,3-23,26-27,31,33-34,36,38-45H2,1-2H3,(H,51,56)/b25-24+,30-28+,32-29-,37-35+. The van der Waals surface area contributed by atoms with Crippen molar-refractivity contribution in [3.05, 3.63) is 48.6 Å². The Bertz CT molecular complexity index is 930. The average Bonchev–Trinajstić information content (AvgIpc) is 3.20. The number of unbranched alkanes of at least 4 members (excludes halogenated alkanes) is 26. The minimum absolute atomic E-state index is 0.343. The third-order valence-electron chi connectivity index (χ3n) is 11.0. The van der Waals surface area contributed by atoms with Crippen molar-refractivity contribution in [2.75, 3.05) is 6.61 Å². The zero-order valence-electron chi connectivity index (χ0n) is 36.9. The van der Waals surface area contributed by atoms with Crippen molar-refractivity contribution in [3.8, 4) is 0 Å². The molecular weight excluding hydrogens is 695 g/mol. The van der Waals surface area contributed by atoms with Crippen molar-refractivity contribution in [1.82, 2.24) is 5.32 Å². The van der Waals surface area contributed by atoms with Gasteiger partial charge in [0.1, 0.15) is 12.2 Å². The van der Waals surface area contributed by atoms with Gasteiger partial charge in [-0.05, 0) is 89.9 Å². The lowest BCUT2D eigenvalue weighted by atomic mass is 10.00. The molecule has 0 aliphatic rings. The maximum absolute atomic E-state index is 12.5. The molecule has 0 aliphatic carbocycles. The Labute approximate surface area is 347 Å². The fourth-order valence-electron chi connectivity index (χ4n) is 7.14. The molecule has 1 amide bonds. The third kappa shape index (κ3) is 37.8. The van der Waals surface area contributed by atoms with Crippen molar-refractivity contribution < 1.29 is 25.2 Å². The largest absolute Gasteiger partial charge is 0.394 e. The first-order valence-electron chi connectivity index (χ1n) is 24.0. The molecule has 0 rings (SSSR count). The van der Waals surface area contributed by atoms with Crippen LogP contribution in [0.2, 0.25) is 0 Å². The summed E-state index contributed by atoms with van der Waals surface area (Å²) in [6.07, 6.45) is 54.4. The SMILES string of the molecule is CCCCCCCCC/C=C\CCCCCCC(O)C(=O)NC(CO)C(O)C(O)CCC/C=C/CC/C=C/CC/C=C/CCCCCCCCCCCCCC. The monoisotopic (exact) mass is 788 g/mol. The highest BCUT2D eigenvalue weighted by Gasteiger charge is 2.28. The maximum atomic E-state index is 12.5. The molecule has 5 N–H and O–H groups in total. The average molecular weight is 788 g/mol. The van der Waals surface area contributed by atoms with E-state index in [-0.39, 0.29) is 0 Å². The molecule has 0 aliphatic heterocycles. The normalized spacial score (nSPS) is 14.5. The molecule has 0 bridgehead atoms. The van der Waals surface area contributed by atoms with Crippen molar-refractivity contribution >= 4 is 5.91 Å². The second-order valence-corrected chi connectivity index (χ2v) is 16.4. The topological polar surface area (TPSA) is 110 Å². The summed E-state index contributed by atoms with van der Waals surface area (Å²) in [4.78, 5) is 12.5. The lowest BCUT2D eigenvalue weighted by Crippen LogP contribution is -2.53. The third-order valence-corrected chi connectivity index (χ3v) is 11.0. The molecule has 56 heavy (non-hydrogen) atoms. The van der Waals surface area contributed by atoms with Gasteiger partial charge in [-0.15, -0.1) is 0 Å². The van der Waals surface area contributed by atoms with E-state index in [1.807, 2.05) is 0 Å². The van der Waals surface area contributed by atoms with Gasteiger partial charge >= 0.3 is 0 Å². The molecule has 4 unspecified atom stereocenters. The number of amides is 1. The lowest BCUT2D eigenvalue weighted by molar-refractivity contribution is -0.132. The number of rotatable bonds is 43. The Morgan fingerprint density at radius 2 is 0.750 bits per heavy atom. The fraction of sp³-hybridized carbons (Fsp3) is 0.820. The van der Waals surface area contributed by atoms with Crippen LogP contribution in [-0.4, -0.2) is 57.3 Å². The zero-order chi connectivity index (χ0) is 41.0. The Balaban J connectivity index is 3.80.